The van der Waals surface area contributed by atoms with E-state index in [4.69, 9.17) is 21.1 Å². The summed E-state index contributed by atoms with van der Waals surface area (Å²) in [5.41, 5.74) is 2.97. The molecular weight excluding hydrogens is 720 g/mol. The first kappa shape index (κ1) is 38.3. The number of fused-ring (bicyclic) bond motifs is 5. The number of aryl methyl sites for hydroxylation is 1. The van der Waals surface area contributed by atoms with Crippen LogP contribution in [0.2, 0.25) is 5.02 Å². The van der Waals surface area contributed by atoms with Crippen molar-refractivity contribution in [2.24, 2.45) is 17.8 Å². The third-order valence-corrected chi connectivity index (χ3v) is 16.4. The number of nitrogens with zero attached hydrogens (tertiary/aromatic N) is 3. The molecule has 4 aliphatic heterocycles. The summed E-state index contributed by atoms with van der Waals surface area (Å²) in [5, 5.41) is -0.0132. The quantitative estimate of drug-likeness (QED) is 0.340. The lowest BCUT2D eigenvalue weighted by Gasteiger charge is -2.53. The van der Waals surface area contributed by atoms with Gasteiger partial charge in [0.15, 0.2) is 0 Å². The summed E-state index contributed by atoms with van der Waals surface area (Å²) >= 11 is 6.52. The van der Waals surface area contributed by atoms with E-state index in [1.54, 1.807) is 13.0 Å². The zero-order valence-electron chi connectivity index (χ0n) is 32.4. The van der Waals surface area contributed by atoms with E-state index in [0.717, 1.165) is 87.8 Å². The minimum atomic E-state index is -3.95. The molecule has 11 heteroatoms. The summed E-state index contributed by atoms with van der Waals surface area (Å²) in [6.45, 7) is 10.9. The molecule has 8 rings (SSSR count). The maximum atomic E-state index is 13.7. The molecule has 4 heterocycles. The van der Waals surface area contributed by atoms with Crippen molar-refractivity contribution in [2.45, 2.75) is 100 Å². The van der Waals surface area contributed by atoms with Gasteiger partial charge in [0.1, 0.15) is 11.4 Å². The van der Waals surface area contributed by atoms with Crippen molar-refractivity contribution in [1.82, 2.24) is 14.5 Å². The number of carbonyl (C=O) groups is 1. The maximum Gasteiger partial charge on any atom is 0.264 e. The summed E-state index contributed by atoms with van der Waals surface area (Å²) in [7, 11) is -2.07. The lowest BCUT2D eigenvalue weighted by molar-refractivity contribution is -0.0987. The SMILES string of the molecule is CO[C@]1(CN2CCN3CCCCC[C@@H]3C2)/C=C\C[C@H](C)[C@@H](C)S(=O)(=O)NC(=O)c2ccc3c(c2)N(C[C@@H]2CC[C@H]21)C[C@@]1(CCCc2cc(Cl)ccc21)CO3. The van der Waals surface area contributed by atoms with Gasteiger partial charge < -0.3 is 14.4 Å². The number of benzene rings is 2. The van der Waals surface area contributed by atoms with Gasteiger partial charge in [0, 0.05) is 68.4 Å². The minimum Gasteiger partial charge on any atom is -0.490 e. The fourth-order valence-electron chi connectivity index (χ4n) is 10.7. The van der Waals surface area contributed by atoms with Crippen LogP contribution in [0.1, 0.15) is 93.1 Å². The van der Waals surface area contributed by atoms with Crippen LogP contribution in [0.15, 0.2) is 48.6 Å². The Morgan fingerprint density at radius 1 is 1.00 bits per heavy atom. The molecule has 7 atom stereocenters. The normalized spacial score (nSPS) is 35.2. The zero-order chi connectivity index (χ0) is 37.7. The van der Waals surface area contributed by atoms with E-state index in [1.807, 2.05) is 32.2 Å². The third-order valence-electron chi connectivity index (χ3n) is 14.3. The first-order valence-electron chi connectivity index (χ1n) is 20.6. The van der Waals surface area contributed by atoms with Gasteiger partial charge in [-0.3, -0.25) is 14.6 Å². The lowest BCUT2D eigenvalue weighted by atomic mass is 9.63. The van der Waals surface area contributed by atoms with Gasteiger partial charge in [0.25, 0.3) is 5.91 Å². The van der Waals surface area contributed by atoms with Gasteiger partial charge >= 0.3 is 0 Å². The molecule has 0 radical (unpaired) electrons. The number of amides is 1. The van der Waals surface area contributed by atoms with Gasteiger partial charge in [-0.05, 0) is 124 Å². The van der Waals surface area contributed by atoms with E-state index in [-0.39, 0.29) is 17.3 Å². The number of halogens is 1. The molecule has 1 spiro atoms. The molecule has 1 N–H and O–H groups in total. The van der Waals surface area contributed by atoms with Crippen LogP contribution >= 0.6 is 11.6 Å². The van der Waals surface area contributed by atoms with Crippen molar-refractivity contribution in [1.29, 1.82) is 0 Å². The molecular formula is C43H59ClN4O5S. The largest absolute Gasteiger partial charge is 0.490 e. The molecule has 1 amide bonds. The van der Waals surface area contributed by atoms with E-state index in [1.165, 1.54) is 43.4 Å². The fraction of sp³-hybridized carbons (Fsp3) is 0.651. The number of carbonyl (C=O) groups excluding carboxylic acids is 1. The summed E-state index contributed by atoms with van der Waals surface area (Å²) in [5.74, 6) is 0.548. The lowest BCUT2D eigenvalue weighted by Crippen LogP contribution is -2.60. The van der Waals surface area contributed by atoms with Gasteiger partial charge in [-0.25, -0.2) is 13.1 Å². The van der Waals surface area contributed by atoms with E-state index < -0.39 is 26.8 Å². The monoisotopic (exact) mass is 778 g/mol. The topological polar surface area (TPSA) is 91.4 Å². The van der Waals surface area contributed by atoms with Crippen molar-refractivity contribution in [3.63, 3.8) is 0 Å². The zero-order valence-corrected chi connectivity index (χ0v) is 34.0. The van der Waals surface area contributed by atoms with Crippen LogP contribution in [-0.4, -0.2) is 101 Å². The second-order valence-electron chi connectivity index (χ2n) is 17.5. The van der Waals surface area contributed by atoms with Crippen molar-refractivity contribution >= 4 is 33.2 Å². The molecule has 294 valence electrons. The number of nitrogens with one attached hydrogen (secondary N) is 1. The molecule has 0 unspecified atom stereocenters. The van der Waals surface area contributed by atoms with E-state index in [2.05, 4.69) is 43.7 Å². The van der Waals surface area contributed by atoms with Crippen molar-refractivity contribution in [3.8, 4) is 5.75 Å². The smallest absolute Gasteiger partial charge is 0.264 e. The van der Waals surface area contributed by atoms with E-state index >= 15 is 0 Å². The van der Waals surface area contributed by atoms with Gasteiger partial charge in [0.2, 0.25) is 10.0 Å². The second kappa shape index (κ2) is 15.4. The first-order chi connectivity index (χ1) is 26.0. The number of methoxy groups -OCH3 is 1. The van der Waals surface area contributed by atoms with Gasteiger partial charge in [0.05, 0.1) is 17.5 Å². The molecule has 2 saturated heterocycles. The number of piperazine rings is 1. The summed E-state index contributed by atoms with van der Waals surface area (Å²) < 4.78 is 43.2. The Balaban J connectivity index is 1.18. The number of rotatable bonds is 3. The average molecular weight is 779 g/mol. The number of anilines is 1. The van der Waals surface area contributed by atoms with Gasteiger partial charge in [-0.15, -0.1) is 0 Å². The third kappa shape index (κ3) is 7.35. The first-order valence-corrected chi connectivity index (χ1v) is 22.5. The second-order valence-corrected chi connectivity index (χ2v) is 19.9. The highest BCUT2D eigenvalue weighted by Crippen LogP contribution is 2.49. The maximum absolute atomic E-state index is 13.7. The van der Waals surface area contributed by atoms with Crippen molar-refractivity contribution < 1.29 is 22.7 Å². The Bertz CT molecular complexity index is 1860. The Morgan fingerprint density at radius 3 is 2.69 bits per heavy atom. The highest BCUT2D eigenvalue weighted by molar-refractivity contribution is 7.90. The van der Waals surface area contributed by atoms with E-state index in [0.29, 0.717) is 30.6 Å². The molecule has 3 fully saturated rings. The summed E-state index contributed by atoms with van der Waals surface area (Å²) in [6, 6.07) is 12.3. The molecule has 2 bridgehead atoms. The van der Waals surface area contributed by atoms with Crippen LogP contribution < -0.4 is 14.4 Å². The summed E-state index contributed by atoms with van der Waals surface area (Å²) in [4.78, 5) is 21.5. The highest BCUT2D eigenvalue weighted by Gasteiger charge is 2.50. The molecule has 2 aromatic rings. The number of hydrogen-bond acceptors (Lipinski definition) is 8. The number of allylic oxidation sites excluding steroid dienone is 1. The number of hydrogen-bond donors (Lipinski definition) is 1. The van der Waals surface area contributed by atoms with Crippen molar-refractivity contribution in [3.05, 3.63) is 70.3 Å². The molecule has 2 aromatic carbocycles. The molecule has 1 saturated carbocycles. The Kier molecular flexibility index (Phi) is 10.9. The Morgan fingerprint density at radius 2 is 1.87 bits per heavy atom. The van der Waals surface area contributed by atoms with Crippen LogP contribution in [0.3, 0.4) is 0 Å². The fourth-order valence-corrected chi connectivity index (χ4v) is 12.2. The minimum absolute atomic E-state index is 0.207. The van der Waals surface area contributed by atoms with Crippen molar-refractivity contribution in [2.75, 3.05) is 64.4 Å². The highest BCUT2D eigenvalue weighted by atomic mass is 35.5. The standard InChI is InChI=1S/C43H59ClN4O5S/c1-30-9-7-19-43(52-3,28-46-21-22-47-20-6-4-5-11-36(47)26-46)38-15-12-34(38)25-48-27-42(18-8-10-32-23-35(44)14-16-37(32)42)29-53-40-17-13-33(24-39(40)48)41(49)45-54(50,51)31(30)2/h7,13-14,16-17,19,23-24,30-31,34,36,38H,4-6,8-12,15,18,20-22,25-29H2,1-3H3,(H,45,49)/b19-7-/t30-,31+,34-,36+,38+,42-,43-/m0/s1. The van der Waals surface area contributed by atoms with Crippen LogP contribution in [0.5, 0.6) is 5.75 Å². The van der Waals surface area contributed by atoms with E-state index in [9.17, 15) is 13.2 Å². The molecule has 54 heavy (non-hydrogen) atoms. The number of sulfonamides is 1. The molecule has 2 aliphatic carbocycles. The van der Waals surface area contributed by atoms with Crippen LogP contribution in [0, 0.1) is 17.8 Å². The Labute approximate surface area is 327 Å². The van der Waals surface area contributed by atoms with Gasteiger partial charge in [-0.1, -0.05) is 49.6 Å². The van der Waals surface area contributed by atoms with Crippen LogP contribution in [-0.2, 0) is 26.6 Å². The average Bonchev–Trinajstić information content (AvgIpc) is 3.47. The van der Waals surface area contributed by atoms with Gasteiger partial charge in [-0.2, -0.15) is 0 Å². The molecule has 0 aromatic heterocycles. The predicted octanol–water partition coefficient (Wildman–Crippen LogP) is 6.83. The number of ether oxygens (including phenoxy) is 2. The summed E-state index contributed by atoms with van der Waals surface area (Å²) in [6.07, 6.45) is 15.4. The van der Waals surface area contributed by atoms with Crippen LogP contribution in [0.25, 0.3) is 0 Å². The Hall–Kier alpha value is -2.63. The van der Waals surface area contributed by atoms with Crippen LogP contribution in [0.4, 0.5) is 5.69 Å². The molecule has 6 aliphatic rings. The molecule has 9 nitrogen and oxygen atoms in total. The predicted molar refractivity (Wildman–Crippen MR) is 215 cm³/mol.